The van der Waals surface area contributed by atoms with Crippen LogP contribution in [-0.2, 0) is 4.74 Å². The molecule has 138 valence electrons. The topological polar surface area (TPSA) is 65.3 Å². The molecular weight excluding hydrogens is 356 g/mol. The van der Waals surface area contributed by atoms with Crippen LogP contribution < -0.4 is 5.56 Å². The van der Waals surface area contributed by atoms with E-state index in [-0.39, 0.29) is 12.2 Å². The summed E-state index contributed by atoms with van der Waals surface area (Å²) in [6.07, 6.45) is 1.54. The average Bonchev–Trinajstić information content (AvgIpc) is 3.35. The smallest absolute Gasteiger partial charge is 0.341 e. The van der Waals surface area contributed by atoms with Crippen LogP contribution in [-0.4, -0.2) is 21.6 Å². The number of fused-ring (bicyclic) bond motifs is 5. The highest BCUT2D eigenvalue weighted by Gasteiger charge is 2.26. The molecule has 0 bridgehead atoms. The van der Waals surface area contributed by atoms with Gasteiger partial charge in [0, 0.05) is 5.39 Å². The van der Waals surface area contributed by atoms with E-state index in [1.807, 2.05) is 42.5 Å². The quantitative estimate of drug-likeness (QED) is 0.447. The Hall–Kier alpha value is -3.80. The van der Waals surface area contributed by atoms with Crippen molar-refractivity contribution in [3.8, 4) is 11.5 Å². The van der Waals surface area contributed by atoms with E-state index < -0.39 is 5.97 Å². The number of benzene rings is 2. The molecule has 0 aliphatic rings. The molecule has 0 fully saturated rings. The van der Waals surface area contributed by atoms with E-state index in [0.717, 1.165) is 0 Å². The van der Waals surface area contributed by atoms with Crippen molar-refractivity contribution in [1.82, 2.24) is 9.03 Å². The molecule has 0 N–H and O–H groups in total. The number of carbonyl (C=O) groups is 1. The molecule has 3 heterocycles. The molecular formula is C22H16N2O4. The molecule has 6 nitrogen and oxygen atoms in total. The van der Waals surface area contributed by atoms with E-state index in [2.05, 4.69) is 0 Å². The lowest BCUT2D eigenvalue weighted by molar-refractivity contribution is 0.0528. The van der Waals surface area contributed by atoms with Crippen molar-refractivity contribution in [2.45, 2.75) is 6.92 Å². The van der Waals surface area contributed by atoms with Gasteiger partial charge >= 0.3 is 5.97 Å². The minimum Gasteiger partial charge on any atom is -0.463 e. The number of ether oxygens (including phenoxy) is 1. The number of hydrogen-bond donors (Lipinski definition) is 0. The monoisotopic (exact) mass is 372 g/mol. The SMILES string of the molecule is CCOC(=O)c1c(-c2ccco2)n2c3ccccc3c(=O)n2c2ccccc12. The van der Waals surface area contributed by atoms with Gasteiger partial charge in [-0.15, -0.1) is 0 Å². The van der Waals surface area contributed by atoms with Crippen LogP contribution in [0.25, 0.3) is 33.3 Å². The normalized spacial score (nSPS) is 11.5. The zero-order valence-corrected chi connectivity index (χ0v) is 15.1. The average molecular weight is 372 g/mol. The Bertz CT molecular complexity index is 1410. The van der Waals surface area contributed by atoms with Crippen molar-refractivity contribution in [3.63, 3.8) is 0 Å². The van der Waals surface area contributed by atoms with E-state index in [1.54, 1.807) is 40.4 Å². The first-order valence-electron chi connectivity index (χ1n) is 9.00. The number of para-hydroxylation sites is 2. The molecule has 0 atom stereocenters. The molecule has 6 heteroatoms. The van der Waals surface area contributed by atoms with Crippen LogP contribution in [0.15, 0.2) is 76.1 Å². The van der Waals surface area contributed by atoms with Gasteiger partial charge in [0.15, 0.2) is 5.76 Å². The van der Waals surface area contributed by atoms with Gasteiger partial charge in [-0.25, -0.2) is 13.8 Å². The molecule has 0 spiro atoms. The summed E-state index contributed by atoms with van der Waals surface area (Å²) in [5, 5.41) is 1.19. The molecule has 28 heavy (non-hydrogen) atoms. The Balaban J connectivity index is 2.14. The second kappa shape index (κ2) is 6.13. The number of aromatic nitrogens is 2. The van der Waals surface area contributed by atoms with E-state index >= 15 is 0 Å². The van der Waals surface area contributed by atoms with E-state index in [9.17, 15) is 9.59 Å². The fraction of sp³-hybridized carbons (Fsp3) is 0.0909. The van der Waals surface area contributed by atoms with Gasteiger partial charge in [-0.05, 0) is 37.3 Å². The summed E-state index contributed by atoms with van der Waals surface area (Å²) in [7, 11) is 0. The molecule has 0 radical (unpaired) electrons. The largest absolute Gasteiger partial charge is 0.463 e. The van der Waals surface area contributed by atoms with E-state index in [1.165, 1.54) is 0 Å². The van der Waals surface area contributed by atoms with Gasteiger partial charge in [-0.2, -0.15) is 0 Å². The van der Waals surface area contributed by atoms with E-state index in [4.69, 9.17) is 9.15 Å². The number of esters is 1. The number of carbonyl (C=O) groups excluding carboxylic acids is 1. The van der Waals surface area contributed by atoms with Crippen molar-refractivity contribution in [2.24, 2.45) is 0 Å². The number of nitrogens with zero attached hydrogens (tertiary/aromatic N) is 2. The van der Waals surface area contributed by atoms with Gasteiger partial charge in [-0.1, -0.05) is 30.3 Å². The molecule has 5 rings (SSSR count). The third-order valence-corrected chi connectivity index (χ3v) is 4.84. The van der Waals surface area contributed by atoms with Crippen LogP contribution in [0.3, 0.4) is 0 Å². The summed E-state index contributed by atoms with van der Waals surface area (Å²) in [6.45, 7) is 2.01. The van der Waals surface area contributed by atoms with Crippen molar-refractivity contribution in [2.75, 3.05) is 6.61 Å². The Labute approximate surface area is 159 Å². The van der Waals surface area contributed by atoms with Crippen LogP contribution in [0.2, 0.25) is 0 Å². The van der Waals surface area contributed by atoms with Gasteiger partial charge in [-0.3, -0.25) is 4.79 Å². The van der Waals surface area contributed by atoms with E-state index in [0.29, 0.717) is 38.8 Å². The van der Waals surface area contributed by atoms with Gasteiger partial charge in [0.05, 0.1) is 34.9 Å². The van der Waals surface area contributed by atoms with Crippen molar-refractivity contribution < 1.29 is 13.9 Å². The summed E-state index contributed by atoms with van der Waals surface area (Å²) >= 11 is 0. The standard InChI is InChI=1S/C22H16N2O4/c1-2-27-22(26)19-14-8-3-5-10-16(14)24-21(25)15-9-4-6-11-17(15)23(24)20(19)18-12-7-13-28-18/h3-13H,2H2,1H3. The molecule has 0 aliphatic heterocycles. The summed E-state index contributed by atoms with van der Waals surface area (Å²) in [5.41, 5.74) is 2.01. The van der Waals surface area contributed by atoms with Crippen LogP contribution in [0.1, 0.15) is 17.3 Å². The number of rotatable bonds is 3. The highest BCUT2D eigenvalue weighted by molar-refractivity contribution is 6.08. The number of hydrogen-bond acceptors (Lipinski definition) is 4. The maximum atomic E-state index is 13.2. The van der Waals surface area contributed by atoms with Crippen molar-refractivity contribution in [3.05, 3.63) is 82.8 Å². The molecule has 0 amide bonds. The highest BCUT2D eigenvalue weighted by atomic mass is 16.5. The molecule has 5 aromatic rings. The van der Waals surface area contributed by atoms with Crippen molar-refractivity contribution >= 4 is 27.8 Å². The molecule has 0 unspecified atom stereocenters. The Morgan fingerprint density at radius 3 is 2.29 bits per heavy atom. The highest BCUT2D eigenvalue weighted by Crippen LogP contribution is 2.32. The summed E-state index contributed by atoms with van der Waals surface area (Å²) < 4.78 is 14.3. The summed E-state index contributed by atoms with van der Waals surface area (Å²) in [5.74, 6) is 0.0184. The first-order valence-corrected chi connectivity index (χ1v) is 9.00. The van der Waals surface area contributed by atoms with Crippen molar-refractivity contribution in [1.29, 1.82) is 0 Å². The Morgan fingerprint density at radius 1 is 0.929 bits per heavy atom. The zero-order valence-electron chi connectivity index (χ0n) is 15.1. The molecule has 2 aromatic carbocycles. The van der Waals surface area contributed by atoms with Crippen LogP contribution in [0.5, 0.6) is 0 Å². The maximum absolute atomic E-state index is 13.2. The second-order valence-electron chi connectivity index (χ2n) is 6.38. The third kappa shape index (κ3) is 2.15. The van der Waals surface area contributed by atoms with Gasteiger partial charge in [0.2, 0.25) is 0 Å². The van der Waals surface area contributed by atoms with Gasteiger partial charge in [0.25, 0.3) is 5.56 Å². The summed E-state index contributed by atoms with van der Waals surface area (Å²) in [6, 6.07) is 18.2. The second-order valence-corrected chi connectivity index (χ2v) is 6.38. The predicted octanol–water partition coefficient (Wildman–Crippen LogP) is 4.14. The molecule has 0 saturated carbocycles. The lowest BCUT2D eigenvalue weighted by atomic mass is 10.1. The summed E-state index contributed by atoms with van der Waals surface area (Å²) in [4.78, 5) is 26.2. The lowest BCUT2D eigenvalue weighted by Gasteiger charge is -2.15. The molecule has 0 aliphatic carbocycles. The zero-order chi connectivity index (χ0) is 19.3. The molecule has 0 saturated heterocycles. The van der Waals surface area contributed by atoms with Gasteiger partial charge < -0.3 is 9.15 Å². The maximum Gasteiger partial charge on any atom is 0.341 e. The Kier molecular flexibility index (Phi) is 3.58. The fourth-order valence-corrected chi connectivity index (χ4v) is 3.74. The first kappa shape index (κ1) is 16.4. The lowest BCUT2D eigenvalue weighted by Crippen LogP contribution is -2.18. The van der Waals surface area contributed by atoms with Gasteiger partial charge in [0.1, 0.15) is 5.69 Å². The van der Waals surface area contributed by atoms with Crippen LogP contribution in [0.4, 0.5) is 0 Å². The fourth-order valence-electron chi connectivity index (χ4n) is 3.74. The molecule has 3 aromatic heterocycles. The Morgan fingerprint density at radius 2 is 1.61 bits per heavy atom. The predicted molar refractivity (Wildman–Crippen MR) is 106 cm³/mol. The first-order chi connectivity index (χ1) is 13.7. The van der Waals surface area contributed by atoms with Crippen LogP contribution >= 0.6 is 0 Å². The minimum atomic E-state index is -0.460. The third-order valence-electron chi connectivity index (χ3n) is 4.84. The minimum absolute atomic E-state index is 0.157. The number of furan rings is 1. The van der Waals surface area contributed by atoms with Crippen LogP contribution in [0, 0.1) is 0 Å².